The van der Waals surface area contributed by atoms with Crippen molar-refractivity contribution >= 4 is 21.7 Å². The molecule has 2 aromatic rings. The molecule has 0 saturated heterocycles. The highest BCUT2D eigenvalue weighted by molar-refractivity contribution is 9.10. The number of hydrogen-bond acceptors (Lipinski definition) is 1. The van der Waals surface area contributed by atoms with Crippen molar-refractivity contribution in [3.63, 3.8) is 0 Å². The normalized spacial score (nSPS) is 11.5. The summed E-state index contributed by atoms with van der Waals surface area (Å²) in [6.45, 7) is 0. The van der Waals surface area contributed by atoms with Crippen LogP contribution in [0.4, 0.5) is 13.2 Å². The second-order valence-electron chi connectivity index (χ2n) is 5.11. The number of alkyl halides is 3. The highest BCUT2D eigenvalue weighted by atomic mass is 79.9. The van der Waals surface area contributed by atoms with Crippen LogP contribution in [-0.2, 0) is 4.79 Å². The Morgan fingerprint density at radius 2 is 1.64 bits per heavy atom. The van der Waals surface area contributed by atoms with Crippen molar-refractivity contribution in [1.82, 2.24) is 0 Å². The molecule has 0 heterocycles. The van der Waals surface area contributed by atoms with Crippen molar-refractivity contribution in [2.75, 3.05) is 0 Å². The maximum atomic E-state index is 12.6. The zero-order chi connectivity index (χ0) is 18.3. The van der Waals surface area contributed by atoms with E-state index in [2.05, 4.69) is 39.6 Å². The van der Waals surface area contributed by atoms with E-state index in [1.54, 1.807) is 36.4 Å². The van der Waals surface area contributed by atoms with E-state index < -0.39 is 24.3 Å². The Balaban J connectivity index is 2.23. The second kappa shape index (κ2) is 8.55. The van der Waals surface area contributed by atoms with Gasteiger partial charge in [-0.1, -0.05) is 58.1 Å². The molecular formula is C20H12BrF3O. The van der Waals surface area contributed by atoms with E-state index >= 15 is 0 Å². The Bertz CT molecular complexity index is 848. The SMILES string of the molecule is O=C(C[C@@H](C#CC#Cc1ccccc1)c1ccc(Br)cc1)C(F)(F)F. The van der Waals surface area contributed by atoms with E-state index in [-0.39, 0.29) is 0 Å². The highest BCUT2D eigenvalue weighted by Gasteiger charge is 2.39. The van der Waals surface area contributed by atoms with Crippen molar-refractivity contribution in [2.45, 2.75) is 18.5 Å². The van der Waals surface area contributed by atoms with Crippen LogP contribution in [0.1, 0.15) is 23.5 Å². The molecule has 0 saturated carbocycles. The van der Waals surface area contributed by atoms with Crippen LogP contribution in [0.5, 0.6) is 0 Å². The van der Waals surface area contributed by atoms with E-state index in [0.717, 1.165) is 10.0 Å². The van der Waals surface area contributed by atoms with Gasteiger partial charge in [0.25, 0.3) is 0 Å². The van der Waals surface area contributed by atoms with E-state index in [1.807, 2.05) is 18.2 Å². The summed E-state index contributed by atoms with van der Waals surface area (Å²) >= 11 is 3.26. The number of ketones is 1. The van der Waals surface area contributed by atoms with Gasteiger partial charge in [-0.3, -0.25) is 4.79 Å². The molecule has 1 atom stereocenters. The topological polar surface area (TPSA) is 17.1 Å². The molecule has 0 N–H and O–H groups in total. The maximum Gasteiger partial charge on any atom is 0.450 e. The monoisotopic (exact) mass is 404 g/mol. The van der Waals surface area contributed by atoms with Crippen molar-refractivity contribution < 1.29 is 18.0 Å². The van der Waals surface area contributed by atoms with Crippen LogP contribution in [-0.4, -0.2) is 12.0 Å². The molecule has 0 amide bonds. The van der Waals surface area contributed by atoms with Gasteiger partial charge in [-0.2, -0.15) is 13.2 Å². The lowest BCUT2D eigenvalue weighted by Gasteiger charge is -2.12. The van der Waals surface area contributed by atoms with Crippen LogP contribution >= 0.6 is 15.9 Å². The van der Waals surface area contributed by atoms with Gasteiger partial charge in [0.1, 0.15) is 0 Å². The molecule has 126 valence electrons. The lowest BCUT2D eigenvalue weighted by molar-refractivity contribution is -0.171. The third kappa shape index (κ3) is 6.14. The van der Waals surface area contributed by atoms with E-state index in [9.17, 15) is 18.0 Å². The van der Waals surface area contributed by atoms with Crippen molar-refractivity contribution in [3.05, 3.63) is 70.2 Å². The molecule has 0 radical (unpaired) electrons. The zero-order valence-electron chi connectivity index (χ0n) is 12.9. The molecular weight excluding hydrogens is 393 g/mol. The van der Waals surface area contributed by atoms with Gasteiger partial charge in [-0.15, -0.1) is 0 Å². The molecule has 25 heavy (non-hydrogen) atoms. The molecule has 5 heteroatoms. The van der Waals surface area contributed by atoms with Gasteiger partial charge in [-0.05, 0) is 41.7 Å². The van der Waals surface area contributed by atoms with Crippen LogP contribution in [0.15, 0.2) is 59.1 Å². The molecule has 0 aliphatic rings. The third-order valence-electron chi connectivity index (χ3n) is 3.27. The van der Waals surface area contributed by atoms with Crippen LogP contribution in [0.2, 0.25) is 0 Å². The van der Waals surface area contributed by atoms with E-state index in [1.165, 1.54) is 0 Å². The molecule has 0 spiro atoms. The number of rotatable bonds is 3. The highest BCUT2D eigenvalue weighted by Crippen LogP contribution is 2.26. The van der Waals surface area contributed by atoms with Crippen LogP contribution in [0, 0.1) is 23.7 Å². The molecule has 0 fully saturated rings. The number of carbonyl (C=O) groups excluding carboxylic acids is 1. The lowest BCUT2D eigenvalue weighted by Crippen LogP contribution is -2.24. The minimum Gasteiger partial charge on any atom is -0.290 e. The van der Waals surface area contributed by atoms with Gasteiger partial charge >= 0.3 is 6.18 Å². The molecule has 0 aliphatic carbocycles. The van der Waals surface area contributed by atoms with Crippen LogP contribution in [0.3, 0.4) is 0 Å². The van der Waals surface area contributed by atoms with Crippen LogP contribution < -0.4 is 0 Å². The van der Waals surface area contributed by atoms with Gasteiger partial charge in [-0.25, -0.2) is 0 Å². The first-order valence-electron chi connectivity index (χ1n) is 7.28. The van der Waals surface area contributed by atoms with Gasteiger partial charge in [0.2, 0.25) is 5.78 Å². The summed E-state index contributed by atoms with van der Waals surface area (Å²) in [6, 6.07) is 15.8. The van der Waals surface area contributed by atoms with Gasteiger partial charge in [0.15, 0.2) is 0 Å². The van der Waals surface area contributed by atoms with Crippen molar-refractivity contribution in [2.24, 2.45) is 0 Å². The number of halogens is 4. The fourth-order valence-corrected chi connectivity index (χ4v) is 2.26. The van der Waals surface area contributed by atoms with Gasteiger partial charge < -0.3 is 0 Å². The maximum absolute atomic E-state index is 12.6. The first-order chi connectivity index (χ1) is 11.9. The van der Waals surface area contributed by atoms with Gasteiger partial charge in [0, 0.05) is 16.5 Å². The summed E-state index contributed by atoms with van der Waals surface area (Å²) in [6.07, 6.45) is -5.60. The summed E-state index contributed by atoms with van der Waals surface area (Å²) < 4.78 is 38.5. The first kappa shape index (κ1) is 18.8. The molecule has 0 aromatic heterocycles. The molecule has 0 bridgehead atoms. The summed E-state index contributed by atoms with van der Waals surface area (Å²) in [5.41, 5.74) is 1.29. The number of benzene rings is 2. The molecule has 0 aliphatic heterocycles. The Kier molecular flexibility index (Phi) is 6.44. The average Bonchev–Trinajstić information content (AvgIpc) is 2.58. The van der Waals surface area contributed by atoms with Gasteiger partial charge in [0.05, 0.1) is 5.92 Å². The molecule has 2 rings (SSSR count). The smallest absolute Gasteiger partial charge is 0.290 e. The first-order valence-corrected chi connectivity index (χ1v) is 8.07. The second-order valence-corrected chi connectivity index (χ2v) is 6.03. The predicted molar refractivity (Wildman–Crippen MR) is 93.7 cm³/mol. The minimum absolute atomic E-state index is 0.537. The summed E-state index contributed by atoms with van der Waals surface area (Å²) in [5, 5.41) is 0. The van der Waals surface area contributed by atoms with E-state index in [4.69, 9.17) is 0 Å². The number of hydrogen-bond donors (Lipinski definition) is 0. The average molecular weight is 405 g/mol. The Morgan fingerprint density at radius 1 is 1.00 bits per heavy atom. The summed E-state index contributed by atoms with van der Waals surface area (Å²) in [5.74, 6) is 7.98. The fraction of sp³-hybridized carbons (Fsp3) is 0.150. The van der Waals surface area contributed by atoms with Crippen molar-refractivity contribution in [3.8, 4) is 23.7 Å². The molecule has 2 aromatic carbocycles. The lowest BCUT2D eigenvalue weighted by atomic mass is 9.94. The minimum atomic E-state index is -4.87. The summed E-state index contributed by atoms with van der Waals surface area (Å²) in [4.78, 5) is 11.3. The summed E-state index contributed by atoms with van der Waals surface area (Å²) in [7, 11) is 0. The standard InChI is InChI=1S/C20H12BrF3O/c21-18-12-10-16(11-13-18)17(14-19(25)20(22,23)24)9-5-4-8-15-6-2-1-3-7-15/h1-3,6-7,10-13,17H,14H2/t17-/m1/s1. The predicted octanol–water partition coefficient (Wildman–Crippen LogP) is 5.11. The largest absolute Gasteiger partial charge is 0.450 e. The van der Waals surface area contributed by atoms with E-state index in [0.29, 0.717) is 5.56 Å². The molecule has 0 unspecified atom stereocenters. The third-order valence-corrected chi connectivity index (χ3v) is 3.80. The van der Waals surface area contributed by atoms with Crippen molar-refractivity contribution in [1.29, 1.82) is 0 Å². The number of Topliss-reactive ketones (excluding diaryl/α,β-unsaturated/α-hetero) is 1. The van der Waals surface area contributed by atoms with Crippen LogP contribution in [0.25, 0.3) is 0 Å². The Hall–Kier alpha value is -2.50. The molecule has 1 nitrogen and oxygen atoms in total. The zero-order valence-corrected chi connectivity index (χ0v) is 14.5. The quantitative estimate of drug-likeness (QED) is 0.649. The Morgan fingerprint density at radius 3 is 2.24 bits per heavy atom. The fourth-order valence-electron chi connectivity index (χ4n) is 2.00. The number of carbonyl (C=O) groups is 1. The Labute approximate surface area is 152 Å².